The summed E-state index contributed by atoms with van der Waals surface area (Å²) in [5.74, 6) is -0.262. The molecule has 0 aliphatic rings. The molecular formula is C13H16BrF2NO2. The van der Waals surface area contributed by atoms with Crippen molar-refractivity contribution in [1.82, 2.24) is 0 Å². The molecular weight excluding hydrogens is 320 g/mol. The second-order valence-corrected chi connectivity index (χ2v) is 5.06. The minimum absolute atomic E-state index is 0.0152. The van der Waals surface area contributed by atoms with Crippen molar-refractivity contribution in [1.29, 1.82) is 0 Å². The lowest BCUT2D eigenvalue weighted by Gasteiger charge is -2.12. The van der Waals surface area contributed by atoms with Crippen molar-refractivity contribution in [3.05, 3.63) is 27.7 Å². The first-order chi connectivity index (χ1) is 8.90. The molecule has 0 atom stereocenters. The van der Waals surface area contributed by atoms with Crippen LogP contribution in [0.2, 0.25) is 0 Å². The van der Waals surface area contributed by atoms with Gasteiger partial charge in [-0.1, -0.05) is 6.07 Å². The number of hydrogen-bond donors (Lipinski definition) is 1. The maximum Gasteiger partial charge on any atom is 0.261 e. The monoisotopic (exact) mass is 335 g/mol. The largest absolute Gasteiger partial charge is 0.375 e. The zero-order chi connectivity index (χ0) is 14.4. The van der Waals surface area contributed by atoms with Gasteiger partial charge in [0.2, 0.25) is 5.91 Å². The molecule has 0 radical (unpaired) electrons. The number of aryl methyl sites for hydroxylation is 2. The molecule has 19 heavy (non-hydrogen) atoms. The highest BCUT2D eigenvalue weighted by molar-refractivity contribution is 9.10. The Morgan fingerprint density at radius 3 is 2.68 bits per heavy atom. The number of anilines is 1. The smallest absolute Gasteiger partial charge is 0.261 e. The molecule has 0 aliphatic carbocycles. The Kier molecular flexibility index (Phi) is 6.37. The van der Waals surface area contributed by atoms with E-state index in [1.807, 2.05) is 26.0 Å². The Hall–Kier alpha value is -1.01. The summed E-state index contributed by atoms with van der Waals surface area (Å²) in [6.45, 7) is 3.20. The summed E-state index contributed by atoms with van der Waals surface area (Å²) in [6, 6.07) is 3.85. The van der Waals surface area contributed by atoms with Crippen LogP contribution in [-0.4, -0.2) is 25.5 Å². The van der Waals surface area contributed by atoms with E-state index in [9.17, 15) is 13.6 Å². The Labute approximate surface area is 119 Å². The molecule has 0 unspecified atom stereocenters. The van der Waals surface area contributed by atoms with Crippen LogP contribution in [0.4, 0.5) is 14.5 Å². The summed E-state index contributed by atoms with van der Waals surface area (Å²) in [4.78, 5) is 11.6. The second kappa shape index (κ2) is 7.55. The van der Waals surface area contributed by atoms with Gasteiger partial charge in [-0.2, -0.15) is 0 Å². The topological polar surface area (TPSA) is 38.3 Å². The molecule has 1 rings (SSSR count). The van der Waals surface area contributed by atoms with Gasteiger partial charge in [-0.25, -0.2) is 8.78 Å². The van der Waals surface area contributed by atoms with E-state index >= 15 is 0 Å². The van der Waals surface area contributed by atoms with Crippen LogP contribution < -0.4 is 5.32 Å². The molecule has 0 spiro atoms. The average molecular weight is 336 g/mol. The van der Waals surface area contributed by atoms with Crippen molar-refractivity contribution >= 4 is 27.5 Å². The normalized spacial score (nSPS) is 10.8. The highest BCUT2D eigenvalue weighted by Crippen LogP contribution is 2.27. The van der Waals surface area contributed by atoms with E-state index in [1.54, 1.807) is 0 Å². The number of alkyl halides is 2. The molecule has 0 heterocycles. The van der Waals surface area contributed by atoms with E-state index < -0.39 is 13.0 Å². The van der Waals surface area contributed by atoms with Crippen molar-refractivity contribution < 1.29 is 18.3 Å². The van der Waals surface area contributed by atoms with E-state index in [-0.39, 0.29) is 18.9 Å². The number of ether oxygens (including phenoxy) is 1. The van der Waals surface area contributed by atoms with Crippen LogP contribution >= 0.6 is 15.9 Å². The number of benzene rings is 1. The first-order valence-electron chi connectivity index (χ1n) is 5.82. The lowest BCUT2D eigenvalue weighted by Crippen LogP contribution is -2.16. The van der Waals surface area contributed by atoms with Gasteiger partial charge in [-0.05, 0) is 47.0 Å². The number of hydrogen-bond acceptors (Lipinski definition) is 2. The number of rotatable bonds is 6. The number of amides is 1. The average Bonchev–Trinajstić information content (AvgIpc) is 2.29. The van der Waals surface area contributed by atoms with E-state index in [4.69, 9.17) is 0 Å². The molecule has 3 nitrogen and oxygen atoms in total. The Bertz CT molecular complexity index is 429. The fraction of sp³-hybridized carbons (Fsp3) is 0.462. The lowest BCUT2D eigenvalue weighted by molar-refractivity contribution is -0.117. The van der Waals surface area contributed by atoms with E-state index in [1.165, 1.54) is 0 Å². The van der Waals surface area contributed by atoms with Crippen molar-refractivity contribution in [2.45, 2.75) is 26.7 Å². The first kappa shape index (κ1) is 16.0. The van der Waals surface area contributed by atoms with Crippen LogP contribution in [-0.2, 0) is 9.53 Å². The number of carbonyl (C=O) groups excluding carboxylic acids is 1. The molecule has 1 amide bonds. The zero-order valence-corrected chi connectivity index (χ0v) is 12.4. The van der Waals surface area contributed by atoms with Gasteiger partial charge in [0.05, 0.1) is 18.7 Å². The third-order valence-electron chi connectivity index (χ3n) is 2.41. The fourth-order valence-corrected chi connectivity index (χ4v) is 2.39. The molecule has 1 aromatic carbocycles. The summed E-state index contributed by atoms with van der Waals surface area (Å²) >= 11 is 3.38. The summed E-state index contributed by atoms with van der Waals surface area (Å²) in [5, 5.41) is 2.74. The SMILES string of the molecule is Cc1cc(C)c(NC(=O)CCOCC(F)F)c(Br)c1. The van der Waals surface area contributed by atoms with E-state index in [2.05, 4.69) is 26.0 Å². The Morgan fingerprint density at radius 1 is 1.42 bits per heavy atom. The summed E-state index contributed by atoms with van der Waals surface area (Å²) < 4.78 is 29.1. The van der Waals surface area contributed by atoms with Crippen LogP contribution in [0.25, 0.3) is 0 Å². The number of halogens is 3. The minimum Gasteiger partial charge on any atom is -0.375 e. The highest BCUT2D eigenvalue weighted by Gasteiger charge is 2.09. The summed E-state index contributed by atoms with van der Waals surface area (Å²) in [5.41, 5.74) is 2.72. The summed E-state index contributed by atoms with van der Waals surface area (Å²) in [7, 11) is 0. The molecule has 106 valence electrons. The Balaban J connectivity index is 2.49. The second-order valence-electron chi connectivity index (χ2n) is 4.20. The van der Waals surface area contributed by atoms with Crippen molar-refractivity contribution in [3.8, 4) is 0 Å². The van der Waals surface area contributed by atoms with Crippen molar-refractivity contribution in [3.63, 3.8) is 0 Å². The van der Waals surface area contributed by atoms with Crippen LogP contribution in [0, 0.1) is 13.8 Å². The molecule has 1 N–H and O–H groups in total. The molecule has 0 aliphatic heterocycles. The van der Waals surface area contributed by atoms with Gasteiger partial charge in [0, 0.05) is 4.47 Å². The van der Waals surface area contributed by atoms with Crippen LogP contribution in [0.3, 0.4) is 0 Å². The minimum atomic E-state index is -2.50. The summed E-state index contributed by atoms with van der Waals surface area (Å²) in [6.07, 6.45) is -2.46. The third-order valence-corrected chi connectivity index (χ3v) is 3.04. The van der Waals surface area contributed by atoms with Crippen LogP contribution in [0.15, 0.2) is 16.6 Å². The van der Waals surface area contributed by atoms with Crippen molar-refractivity contribution in [2.75, 3.05) is 18.5 Å². The molecule has 0 aromatic heterocycles. The number of carbonyl (C=O) groups is 1. The molecule has 0 saturated heterocycles. The number of nitrogens with one attached hydrogen (secondary N) is 1. The predicted molar refractivity (Wildman–Crippen MR) is 73.7 cm³/mol. The third kappa shape index (κ3) is 5.65. The van der Waals surface area contributed by atoms with Gasteiger partial charge in [0.25, 0.3) is 6.43 Å². The molecule has 0 fully saturated rings. The standard InChI is InChI=1S/C13H16BrF2NO2/c1-8-5-9(2)13(10(14)6-8)17-12(18)3-4-19-7-11(15)16/h5-6,11H,3-4,7H2,1-2H3,(H,17,18). The molecule has 6 heteroatoms. The van der Waals surface area contributed by atoms with Gasteiger partial charge in [0.15, 0.2) is 0 Å². The molecule has 0 saturated carbocycles. The van der Waals surface area contributed by atoms with Gasteiger partial charge in [-0.15, -0.1) is 0 Å². The van der Waals surface area contributed by atoms with Crippen LogP contribution in [0.1, 0.15) is 17.5 Å². The Morgan fingerprint density at radius 2 is 2.11 bits per heavy atom. The van der Waals surface area contributed by atoms with E-state index in [0.717, 1.165) is 15.6 Å². The van der Waals surface area contributed by atoms with Crippen LogP contribution in [0.5, 0.6) is 0 Å². The lowest BCUT2D eigenvalue weighted by atomic mass is 10.1. The molecule has 1 aromatic rings. The van der Waals surface area contributed by atoms with Gasteiger partial charge < -0.3 is 10.1 Å². The van der Waals surface area contributed by atoms with Gasteiger partial charge in [0.1, 0.15) is 6.61 Å². The first-order valence-corrected chi connectivity index (χ1v) is 6.62. The quantitative estimate of drug-likeness (QED) is 0.805. The zero-order valence-electron chi connectivity index (χ0n) is 10.8. The van der Waals surface area contributed by atoms with Gasteiger partial charge in [-0.3, -0.25) is 4.79 Å². The van der Waals surface area contributed by atoms with Gasteiger partial charge >= 0.3 is 0 Å². The van der Waals surface area contributed by atoms with E-state index in [0.29, 0.717) is 5.69 Å². The highest BCUT2D eigenvalue weighted by atomic mass is 79.9. The maximum atomic E-state index is 11.8. The predicted octanol–water partition coefficient (Wildman–Crippen LogP) is 3.68. The fourth-order valence-electron chi connectivity index (χ4n) is 1.61. The van der Waals surface area contributed by atoms with Crippen molar-refractivity contribution in [2.24, 2.45) is 0 Å². The maximum absolute atomic E-state index is 11.8. The molecule has 0 bridgehead atoms.